The van der Waals surface area contributed by atoms with Crippen molar-refractivity contribution in [2.45, 2.75) is 25.2 Å². The third-order valence-electron chi connectivity index (χ3n) is 5.06. The summed E-state index contributed by atoms with van der Waals surface area (Å²) in [6, 6.07) is 11.7. The molecule has 1 amide bonds. The number of hydrogen-bond donors (Lipinski definition) is 0. The summed E-state index contributed by atoms with van der Waals surface area (Å²) in [5, 5.41) is 0.911. The fourth-order valence-electron chi connectivity index (χ4n) is 3.38. The minimum atomic E-state index is -0.436. The average Bonchev–Trinajstić information content (AvgIpc) is 3.11. The number of carbonyl (C=O) groups excluding carboxylic acids is 2. The number of esters is 1. The van der Waals surface area contributed by atoms with Gasteiger partial charge in [0.15, 0.2) is 6.61 Å². The Labute approximate surface area is 167 Å². The van der Waals surface area contributed by atoms with Crippen LogP contribution in [0.1, 0.15) is 16.7 Å². The number of amides is 1. The maximum Gasteiger partial charge on any atom is 0.310 e. The molecule has 0 bridgehead atoms. The van der Waals surface area contributed by atoms with Crippen LogP contribution in [0.25, 0.3) is 11.0 Å². The maximum atomic E-state index is 12.6. The van der Waals surface area contributed by atoms with E-state index in [2.05, 4.69) is 0 Å². The predicted octanol–water partition coefficient (Wildman–Crippen LogP) is 4.27. The molecule has 0 unspecified atom stereocenters. The van der Waals surface area contributed by atoms with E-state index in [0.29, 0.717) is 6.54 Å². The molecule has 1 aliphatic heterocycles. The Kier molecular flexibility index (Phi) is 5.13. The average molecular weight is 395 g/mol. The number of thioether (sulfide) groups is 1. The number of furan rings is 1. The third-order valence-corrected chi connectivity index (χ3v) is 6.11. The van der Waals surface area contributed by atoms with Gasteiger partial charge in [-0.3, -0.25) is 9.59 Å². The van der Waals surface area contributed by atoms with E-state index in [-0.39, 0.29) is 18.9 Å². The molecule has 2 heterocycles. The Hall–Kier alpha value is -2.73. The van der Waals surface area contributed by atoms with Crippen LogP contribution in [0.5, 0.6) is 0 Å². The van der Waals surface area contributed by atoms with E-state index in [0.717, 1.165) is 44.0 Å². The van der Waals surface area contributed by atoms with Crippen molar-refractivity contribution in [3.63, 3.8) is 0 Å². The second kappa shape index (κ2) is 7.72. The number of fused-ring (bicyclic) bond motifs is 2. The molecule has 3 aromatic rings. The number of para-hydroxylation sites is 1. The highest BCUT2D eigenvalue weighted by molar-refractivity contribution is 7.99. The van der Waals surface area contributed by atoms with Crippen molar-refractivity contribution in [1.82, 2.24) is 0 Å². The first-order valence-electron chi connectivity index (χ1n) is 9.18. The summed E-state index contributed by atoms with van der Waals surface area (Å²) in [5.41, 5.74) is 4.65. The molecule has 0 aliphatic carbocycles. The molecule has 144 valence electrons. The maximum absolute atomic E-state index is 12.6. The van der Waals surface area contributed by atoms with Gasteiger partial charge in [0.25, 0.3) is 5.91 Å². The highest BCUT2D eigenvalue weighted by atomic mass is 32.2. The lowest BCUT2D eigenvalue weighted by Gasteiger charge is -2.28. The molecule has 5 nitrogen and oxygen atoms in total. The Morgan fingerprint density at radius 1 is 1.18 bits per heavy atom. The minimum Gasteiger partial charge on any atom is -0.464 e. The molecule has 2 aromatic carbocycles. The van der Waals surface area contributed by atoms with Gasteiger partial charge in [-0.25, -0.2) is 0 Å². The first-order valence-corrected chi connectivity index (χ1v) is 10.2. The van der Waals surface area contributed by atoms with Crippen LogP contribution in [0.15, 0.2) is 52.0 Å². The first kappa shape index (κ1) is 18.6. The quantitative estimate of drug-likeness (QED) is 0.617. The summed E-state index contributed by atoms with van der Waals surface area (Å²) in [4.78, 5) is 27.6. The molecule has 0 saturated heterocycles. The standard InChI is InChI=1S/C22H21NO4S/c1-14-7-8-17-16(12-27-22(17)15(14)2)11-21(25)26-13-20(24)23-9-10-28-19-6-4-3-5-18(19)23/h3-8,12H,9-11,13H2,1-2H3. The zero-order valence-corrected chi connectivity index (χ0v) is 16.7. The van der Waals surface area contributed by atoms with Crippen molar-refractivity contribution in [3.8, 4) is 0 Å². The van der Waals surface area contributed by atoms with Crippen molar-refractivity contribution in [2.75, 3.05) is 23.8 Å². The van der Waals surface area contributed by atoms with Crippen LogP contribution < -0.4 is 4.90 Å². The molecule has 4 rings (SSSR count). The Balaban J connectivity index is 1.40. The molecular weight excluding hydrogens is 374 g/mol. The van der Waals surface area contributed by atoms with Crippen LogP contribution in [0.3, 0.4) is 0 Å². The van der Waals surface area contributed by atoms with Crippen LogP contribution in [-0.4, -0.2) is 30.8 Å². The Bertz CT molecular complexity index is 1060. The van der Waals surface area contributed by atoms with Crippen LogP contribution in [0, 0.1) is 13.8 Å². The van der Waals surface area contributed by atoms with Crippen molar-refractivity contribution in [3.05, 3.63) is 59.4 Å². The second-order valence-corrected chi connectivity index (χ2v) is 7.98. The van der Waals surface area contributed by atoms with Gasteiger partial charge in [-0.2, -0.15) is 0 Å². The first-order chi connectivity index (χ1) is 13.5. The molecule has 0 saturated carbocycles. The van der Waals surface area contributed by atoms with E-state index >= 15 is 0 Å². The van der Waals surface area contributed by atoms with Crippen molar-refractivity contribution in [2.24, 2.45) is 0 Å². The molecule has 0 spiro atoms. The van der Waals surface area contributed by atoms with Gasteiger partial charge in [0.1, 0.15) is 5.58 Å². The number of aryl methyl sites for hydroxylation is 2. The summed E-state index contributed by atoms with van der Waals surface area (Å²) >= 11 is 1.73. The summed E-state index contributed by atoms with van der Waals surface area (Å²) in [6.45, 7) is 4.37. The van der Waals surface area contributed by atoms with Gasteiger partial charge >= 0.3 is 5.97 Å². The lowest BCUT2D eigenvalue weighted by molar-refractivity contribution is -0.147. The lowest BCUT2D eigenvalue weighted by atomic mass is 10.0. The second-order valence-electron chi connectivity index (χ2n) is 6.84. The number of rotatable bonds is 4. The van der Waals surface area contributed by atoms with Crippen molar-refractivity contribution >= 4 is 40.3 Å². The van der Waals surface area contributed by atoms with Crippen LogP contribution in [0.2, 0.25) is 0 Å². The minimum absolute atomic E-state index is 0.0786. The van der Waals surface area contributed by atoms with Crippen molar-refractivity contribution < 1.29 is 18.7 Å². The van der Waals surface area contributed by atoms with E-state index < -0.39 is 5.97 Å². The van der Waals surface area contributed by atoms with E-state index in [9.17, 15) is 9.59 Å². The molecule has 0 radical (unpaired) electrons. The van der Waals surface area contributed by atoms with E-state index in [1.807, 2.05) is 50.2 Å². The van der Waals surface area contributed by atoms with Crippen LogP contribution in [0.4, 0.5) is 5.69 Å². The van der Waals surface area contributed by atoms with Gasteiger partial charge in [0.2, 0.25) is 0 Å². The zero-order valence-electron chi connectivity index (χ0n) is 15.9. The smallest absolute Gasteiger partial charge is 0.310 e. The number of carbonyl (C=O) groups is 2. The fourth-order valence-corrected chi connectivity index (χ4v) is 4.38. The molecule has 1 aliphatic rings. The number of benzene rings is 2. The van der Waals surface area contributed by atoms with Gasteiger partial charge in [-0.1, -0.05) is 24.3 Å². The molecular formula is C22H21NO4S. The number of ether oxygens (including phenoxy) is 1. The summed E-state index contributed by atoms with van der Waals surface area (Å²) in [5.74, 6) is 0.190. The summed E-state index contributed by atoms with van der Waals surface area (Å²) < 4.78 is 10.9. The summed E-state index contributed by atoms with van der Waals surface area (Å²) in [6.07, 6.45) is 1.67. The monoisotopic (exact) mass is 395 g/mol. The van der Waals surface area contributed by atoms with Gasteiger partial charge < -0.3 is 14.1 Å². The largest absolute Gasteiger partial charge is 0.464 e. The fraction of sp³-hybridized carbons (Fsp3) is 0.273. The van der Waals surface area contributed by atoms with E-state index in [1.54, 1.807) is 22.9 Å². The van der Waals surface area contributed by atoms with Gasteiger partial charge in [-0.15, -0.1) is 11.8 Å². The SMILES string of the molecule is Cc1ccc2c(CC(=O)OCC(=O)N3CCSc4ccccc43)coc2c1C. The number of anilines is 1. The predicted molar refractivity (Wildman–Crippen MR) is 110 cm³/mol. The third kappa shape index (κ3) is 3.52. The highest BCUT2D eigenvalue weighted by Gasteiger charge is 2.23. The zero-order chi connectivity index (χ0) is 19.7. The van der Waals surface area contributed by atoms with Crippen molar-refractivity contribution in [1.29, 1.82) is 0 Å². The van der Waals surface area contributed by atoms with Gasteiger partial charge in [0, 0.05) is 28.1 Å². The van der Waals surface area contributed by atoms with Gasteiger partial charge in [0.05, 0.1) is 18.4 Å². The normalized spacial score (nSPS) is 13.4. The highest BCUT2D eigenvalue weighted by Crippen LogP contribution is 2.34. The molecule has 6 heteroatoms. The molecule has 0 atom stereocenters. The van der Waals surface area contributed by atoms with Gasteiger partial charge in [-0.05, 0) is 37.1 Å². The van der Waals surface area contributed by atoms with E-state index in [4.69, 9.17) is 9.15 Å². The topological polar surface area (TPSA) is 59.8 Å². The van der Waals surface area contributed by atoms with Crippen LogP contribution in [-0.2, 0) is 20.7 Å². The molecule has 0 N–H and O–H groups in total. The summed E-state index contributed by atoms with van der Waals surface area (Å²) in [7, 11) is 0. The lowest BCUT2D eigenvalue weighted by Crippen LogP contribution is -2.38. The Morgan fingerprint density at radius 2 is 2.00 bits per heavy atom. The Morgan fingerprint density at radius 3 is 2.86 bits per heavy atom. The van der Waals surface area contributed by atoms with Crippen LogP contribution >= 0.6 is 11.8 Å². The number of nitrogens with zero attached hydrogens (tertiary/aromatic N) is 1. The molecule has 28 heavy (non-hydrogen) atoms. The van der Waals surface area contributed by atoms with E-state index in [1.165, 1.54) is 0 Å². The molecule has 0 fully saturated rings. The number of hydrogen-bond acceptors (Lipinski definition) is 5. The molecule has 1 aromatic heterocycles.